The van der Waals surface area contributed by atoms with Crippen LogP contribution < -0.4 is 9.47 Å². The molecule has 2 nitrogen and oxygen atoms in total. The molecule has 0 amide bonds. The summed E-state index contributed by atoms with van der Waals surface area (Å²) in [5.74, 6) is 0.432. The normalized spacial score (nSPS) is 11.2. The standard InChI is InChI=1S/C15H13F3O2/c1-10-3-8-13(14(9-10)19-2)11-4-6-12(7-5-11)20-15(16,17)18/h3-9H,1-2H3. The average molecular weight is 282 g/mol. The van der Waals surface area contributed by atoms with Crippen molar-refractivity contribution in [2.75, 3.05) is 7.11 Å². The maximum atomic E-state index is 12.1. The van der Waals surface area contributed by atoms with Crippen LogP contribution in [0.5, 0.6) is 11.5 Å². The van der Waals surface area contributed by atoms with Crippen molar-refractivity contribution in [1.29, 1.82) is 0 Å². The molecule has 0 bridgehead atoms. The van der Waals surface area contributed by atoms with Crippen LogP contribution in [0.1, 0.15) is 5.56 Å². The fraction of sp³-hybridized carbons (Fsp3) is 0.200. The first-order chi connectivity index (χ1) is 9.39. The van der Waals surface area contributed by atoms with E-state index in [1.165, 1.54) is 12.1 Å². The number of hydrogen-bond donors (Lipinski definition) is 0. The zero-order valence-electron chi connectivity index (χ0n) is 11.0. The van der Waals surface area contributed by atoms with Crippen molar-refractivity contribution in [2.45, 2.75) is 13.3 Å². The number of hydrogen-bond acceptors (Lipinski definition) is 2. The first-order valence-corrected chi connectivity index (χ1v) is 5.90. The number of rotatable bonds is 3. The number of alkyl halides is 3. The van der Waals surface area contributed by atoms with E-state index in [9.17, 15) is 13.2 Å². The van der Waals surface area contributed by atoms with Crippen LogP contribution in [0.15, 0.2) is 42.5 Å². The smallest absolute Gasteiger partial charge is 0.496 e. The highest BCUT2D eigenvalue weighted by molar-refractivity contribution is 5.71. The summed E-state index contributed by atoms with van der Waals surface area (Å²) in [6.07, 6.45) is -4.68. The molecular weight excluding hydrogens is 269 g/mol. The van der Waals surface area contributed by atoms with Crippen molar-refractivity contribution in [1.82, 2.24) is 0 Å². The van der Waals surface area contributed by atoms with Gasteiger partial charge in [-0.25, -0.2) is 0 Å². The van der Waals surface area contributed by atoms with Crippen LogP contribution in [0.2, 0.25) is 0 Å². The van der Waals surface area contributed by atoms with E-state index in [2.05, 4.69) is 4.74 Å². The van der Waals surface area contributed by atoms with Crippen molar-refractivity contribution >= 4 is 0 Å². The molecule has 2 aromatic carbocycles. The molecular formula is C15H13F3O2. The van der Waals surface area contributed by atoms with Gasteiger partial charge in [-0.2, -0.15) is 0 Å². The largest absolute Gasteiger partial charge is 0.573 e. The van der Waals surface area contributed by atoms with E-state index >= 15 is 0 Å². The van der Waals surface area contributed by atoms with Gasteiger partial charge in [0.15, 0.2) is 0 Å². The van der Waals surface area contributed by atoms with Crippen molar-refractivity contribution in [2.24, 2.45) is 0 Å². The Morgan fingerprint density at radius 1 is 0.950 bits per heavy atom. The lowest BCUT2D eigenvalue weighted by Gasteiger charge is -2.11. The predicted octanol–water partition coefficient (Wildman–Crippen LogP) is 4.57. The van der Waals surface area contributed by atoms with Gasteiger partial charge in [0.25, 0.3) is 0 Å². The number of benzene rings is 2. The average Bonchev–Trinajstić information content (AvgIpc) is 2.38. The molecule has 0 unspecified atom stereocenters. The maximum absolute atomic E-state index is 12.1. The predicted molar refractivity (Wildman–Crippen MR) is 69.9 cm³/mol. The van der Waals surface area contributed by atoms with Gasteiger partial charge in [-0.05, 0) is 36.2 Å². The Labute approximate surface area is 114 Å². The van der Waals surface area contributed by atoms with Gasteiger partial charge in [0.05, 0.1) is 7.11 Å². The summed E-state index contributed by atoms with van der Waals surface area (Å²) < 4.78 is 45.4. The Kier molecular flexibility index (Phi) is 3.88. The summed E-state index contributed by atoms with van der Waals surface area (Å²) in [5, 5.41) is 0. The Bertz CT molecular complexity index is 589. The number of methoxy groups -OCH3 is 1. The summed E-state index contributed by atoms with van der Waals surface area (Å²) in [6.45, 7) is 1.94. The van der Waals surface area contributed by atoms with E-state index in [4.69, 9.17) is 4.74 Å². The fourth-order valence-electron chi connectivity index (χ4n) is 1.87. The van der Waals surface area contributed by atoms with Gasteiger partial charge in [-0.1, -0.05) is 24.3 Å². The molecule has 0 aromatic heterocycles. The highest BCUT2D eigenvalue weighted by Gasteiger charge is 2.30. The van der Waals surface area contributed by atoms with Crippen LogP contribution in [0.4, 0.5) is 13.2 Å². The highest BCUT2D eigenvalue weighted by Crippen LogP contribution is 2.32. The quantitative estimate of drug-likeness (QED) is 0.821. The van der Waals surface area contributed by atoms with Crippen molar-refractivity contribution in [3.63, 3.8) is 0 Å². The molecule has 0 saturated carbocycles. The molecule has 20 heavy (non-hydrogen) atoms. The van der Waals surface area contributed by atoms with Crippen LogP contribution in [0.25, 0.3) is 11.1 Å². The SMILES string of the molecule is COc1cc(C)ccc1-c1ccc(OC(F)(F)F)cc1. The molecule has 106 valence electrons. The first kappa shape index (κ1) is 14.2. The molecule has 0 aliphatic carbocycles. The van der Waals surface area contributed by atoms with Crippen molar-refractivity contribution in [3.05, 3.63) is 48.0 Å². The van der Waals surface area contributed by atoms with Crippen molar-refractivity contribution < 1.29 is 22.6 Å². The lowest BCUT2D eigenvalue weighted by atomic mass is 10.0. The third kappa shape index (κ3) is 3.44. The van der Waals surface area contributed by atoms with Gasteiger partial charge in [-0.3, -0.25) is 0 Å². The molecule has 0 heterocycles. The highest BCUT2D eigenvalue weighted by atomic mass is 19.4. The van der Waals surface area contributed by atoms with E-state index in [-0.39, 0.29) is 5.75 Å². The second-order valence-electron chi connectivity index (χ2n) is 4.28. The van der Waals surface area contributed by atoms with E-state index in [0.29, 0.717) is 5.75 Å². The summed E-state index contributed by atoms with van der Waals surface area (Å²) in [4.78, 5) is 0. The van der Waals surface area contributed by atoms with Crippen LogP contribution in [-0.2, 0) is 0 Å². The Morgan fingerprint density at radius 2 is 1.60 bits per heavy atom. The Hall–Kier alpha value is -2.17. The van der Waals surface area contributed by atoms with E-state index in [0.717, 1.165) is 16.7 Å². The van der Waals surface area contributed by atoms with Crippen LogP contribution in [-0.4, -0.2) is 13.5 Å². The number of ether oxygens (including phenoxy) is 2. The molecule has 0 radical (unpaired) electrons. The Balaban J connectivity index is 2.30. The topological polar surface area (TPSA) is 18.5 Å². The number of aryl methyl sites for hydroxylation is 1. The molecule has 2 aromatic rings. The summed E-state index contributed by atoms with van der Waals surface area (Å²) in [6, 6.07) is 11.3. The molecule has 0 aliphatic heterocycles. The van der Waals surface area contributed by atoms with E-state index in [1.54, 1.807) is 19.2 Å². The van der Waals surface area contributed by atoms with Gasteiger partial charge >= 0.3 is 6.36 Å². The fourth-order valence-corrected chi connectivity index (χ4v) is 1.87. The zero-order chi connectivity index (χ0) is 14.8. The van der Waals surface area contributed by atoms with Gasteiger partial charge in [0, 0.05) is 5.56 Å². The minimum absolute atomic E-state index is 0.243. The van der Waals surface area contributed by atoms with Crippen LogP contribution in [0.3, 0.4) is 0 Å². The molecule has 0 fully saturated rings. The second-order valence-corrected chi connectivity index (χ2v) is 4.28. The number of halogens is 3. The second kappa shape index (κ2) is 5.45. The molecule has 0 N–H and O–H groups in total. The van der Waals surface area contributed by atoms with Gasteiger partial charge in [0.1, 0.15) is 11.5 Å². The van der Waals surface area contributed by atoms with Gasteiger partial charge < -0.3 is 9.47 Å². The third-order valence-corrected chi connectivity index (χ3v) is 2.76. The maximum Gasteiger partial charge on any atom is 0.573 e. The first-order valence-electron chi connectivity index (χ1n) is 5.90. The third-order valence-electron chi connectivity index (χ3n) is 2.76. The van der Waals surface area contributed by atoms with Crippen LogP contribution >= 0.6 is 0 Å². The molecule has 5 heteroatoms. The monoisotopic (exact) mass is 282 g/mol. The summed E-state index contributed by atoms with van der Waals surface area (Å²) in [5.41, 5.74) is 2.62. The minimum Gasteiger partial charge on any atom is -0.496 e. The summed E-state index contributed by atoms with van der Waals surface area (Å²) in [7, 11) is 1.55. The van der Waals surface area contributed by atoms with Gasteiger partial charge in [-0.15, -0.1) is 13.2 Å². The van der Waals surface area contributed by atoms with Crippen LogP contribution in [0, 0.1) is 6.92 Å². The Morgan fingerprint density at radius 3 is 2.15 bits per heavy atom. The molecule has 0 saturated heterocycles. The summed E-state index contributed by atoms with van der Waals surface area (Å²) >= 11 is 0. The molecule has 0 atom stereocenters. The van der Waals surface area contributed by atoms with Crippen molar-refractivity contribution in [3.8, 4) is 22.6 Å². The van der Waals surface area contributed by atoms with Gasteiger partial charge in [0.2, 0.25) is 0 Å². The van der Waals surface area contributed by atoms with E-state index in [1.807, 2.05) is 25.1 Å². The molecule has 0 spiro atoms. The van der Waals surface area contributed by atoms with E-state index < -0.39 is 6.36 Å². The molecule has 0 aliphatic rings. The molecule has 2 rings (SSSR count). The lowest BCUT2D eigenvalue weighted by molar-refractivity contribution is -0.274. The minimum atomic E-state index is -4.68. The zero-order valence-corrected chi connectivity index (χ0v) is 11.0. The lowest BCUT2D eigenvalue weighted by Crippen LogP contribution is -2.16.